The van der Waals surface area contributed by atoms with E-state index in [1.54, 1.807) is 0 Å². The molecule has 0 radical (unpaired) electrons. The molecule has 2 aromatic rings. The van der Waals surface area contributed by atoms with E-state index in [-0.39, 0.29) is 11.3 Å². The number of aldehydes is 1. The van der Waals surface area contributed by atoms with Crippen LogP contribution in [-0.2, 0) is 6.18 Å². The highest BCUT2D eigenvalue weighted by molar-refractivity contribution is 5.88. The first-order valence-electron chi connectivity index (χ1n) is 5.74. The Bertz CT molecular complexity index is 694. The van der Waals surface area contributed by atoms with Gasteiger partial charge in [0.15, 0.2) is 6.29 Å². The average molecular weight is 295 g/mol. The summed E-state index contributed by atoms with van der Waals surface area (Å²) in [6.07, 6.45) is -4.01. The first-order chi connectivity index (χ1) is 9.82. The summed E-state index contributed by atoms with van der Waals surface area (Å²) in [6, 6.07) is 7.84. The van der Waals surface area contributed by atoms with Crippen molar-refractivity contribution in [3.05, 3.63) is 63.7 Å². The highest BCUT2D eigenvalue weighted by atomic mass is 19.4. The van der Waals surface area contributed by atoms with Crippen LogP contribution in [0.2, 0.25) is 0 Å². The highest BCUT2D eigenvalue weighted by Gasteiger charge is 2.30. The Morgan fingerprint density at radius 3 is 2.14 bits per heavy atom. The molecule has 0 fully saturated rings. The van der Waals surface area contributed by atoms with E-state index in [4.69, 9.17) is 0 Å². The zero-order chi connectivity index (χ0) is 15.6. The average Bonchev–Trinajstić information content (AvgIpc) is 2.45. The van der Waals surface area contributed by atoms with Gasteiger partial charge < -0.3 is 0 Å². The minimum Gasteiger partial charge on any atom is -0.298 e. The van der Waals surface area contributed by atoms with Crippen molar-refractivity contribution in [2.75, 3.05) is 0 Å². The molecule has 0 saturated heterocycles. The van der Waals surface area contributed by atoms with E-state index in [0.29, 0.717) is 17.4 Å². The molecule has 2 rings (SSSR count). The van der Waals surface area contributed by atoms with Crippen molar-refractivity contribution in [3.8, 4) is 11.1 Å². The van der Waals surface area contributed by atoms with Crippen molar-refractivity contribution in [1.82, 2.24) is 0 Å². The normalized spacial score (nSPS) is 11.2. The maximum Gasteiger partial charge on any atom is 0.416 e. The molecule has 0 heterocycles. The van der Waals surface area contributed by atoms with E-state index in [0.717, 1.165) is 18.2 Å². The Labute approximate surface area is 117 Å². The summed E-state index contributed by atoms with van der Waals surface area (Å²) in [5, 5.41) is 10.6. The van der Waals surface area contributed by atoms with Crippen LogP contribution in [0.1, 0.15) is 15.9 Å². The second-order valence-corrected chi connectivity index (χ2v) is 4.22. The number of carbonyl (C=O) groups is 1. The molecule has 0 bridgehead atoms. The molecule has 4 nitrogen and oxygen atoms in total. The molecular weight excluding hydrogens is 287 g/mol. The van der Waals surface area contributed by atoms with Crippen LogP contribution in [0.4, 0.5) is 18.9 Å². The zero-order valence-electron chi connectivity index (χ0n) is 10.4. The Hall–Kier alpha value is -2.70. The number of alkyl halides is 3. The maximum atomic E-state index is 12.5. The lowest BCUT2D eigenvalue weighted by Crippen LogP contribution is -2.04. The van der Waals surface area contributed by atoms with Gasteiger partial charge in [-0.05, 0) is 29.3 Å². The van der Waals surface area contributed by atoms with Crippen LogP contribution >= 0.6 is 0 Å². The van der Waals surface area contributed by atoms with Crippen LogP contribution < -0.4 is 0 Å². The lowest BCUT2D eigenvalue weighted by atomic mass is 9.98. The first-order valence-corrected chi connectivity index (χ1v) is 5.74. The lowest BCUT2D eigenvalue weighted by molar-refractivity contribution is -0.384. The summed E-state index contributed by atoms with van der Waals surface area (Å²) in [5.41, 5.74) is -0.304. The SMILES string of the molecule is O=Cc1cc([N+](=O)[O-])ccc1-c1ccc(C(F)(F)F)cc1. The molecule has 0 aromatic heterocycles. The van der Waals surface area contributed by atoms with Gasteiger partial charge in [-0.1, -0.05) is 12.1 Å². The van der Waals surface area contributed by atoms with E-state index in [2.05, 4.69) is 0 Å². The largest absolute Gasteiger partial charge is 0.416 e. The maximum absolute atomic E-state index is 12.5. The number of carbonyl (C=O) groups excluding carboxylic acids is 1. The molecule has 108 valence electrons. The van der Waals surface area contributed by atoms with E-state index in [9.17, 15) is 28.1 Å². The van der Waals surface area contributed by atoms with Crippen LogP contribution in [0.5, 0.6) is 0 Å². The van der Waals surface area contributed by atoms with Gasteiger partial charge in [0.05, 0.1) is 10.5 Å². The lowest BCUT2D eigenvalue weighted by Gasteiger charge is -2.09. The predicted molar refractivity (Wildman–Crippen MR) is 68.9 cm³/mol. The summed E-state index contributed by atoms with van der Waals surface area (Å²) in [7, 11) is 0. The predicted octanol–water partition coefficient (Wildman–Crippen LogP) is 4.09. The monoisotopic (exact) mass is 295 g/mol. The van der Waals surface area contributed by atoms with Crippen molar-refractivity contribution >= 4 is 12.0 Å². The van der Waals surface area contributed by atoms with Gasteiger partial charge in [0, 0.05) is 17.7 Å². The first kappa shape index (κ1) is 14.7. The summed E-state index contributed by atoms with van der Waals surface area (Å²) >= 11 is 0. The van der Waals surface area contributed by atoms with E-state index in [1.165, 1.54) is 24.3 Å². The molecule has 0 N–H and O–H groups in total. The van der Waals surface area contributed by atoms with E-state index < -0.39 is 16.7 Å². The smallest absolute Gasteiger partial charge is 0.298 e. The third-order valence-corrected chi connectivity index (χ3v) is 2.90. The zero-order valence-corrected chi connectivity index (χ0v) is 10.4. The number of non-ortho nitro benzene ring substituents is 1. The molecule has 0 unspecified atom stereocenters. The highest BCUT2D eigenvalue weighted by Crippen LogP contribution is 2.32. The van der Waals surface area contributed by atoms with Crippen LogP contribution in [0.15, 0.2) is 42.5 Å². The second-order valence-electron chi connectivity index (χ2n) is 4.22. The Morgan fingerprint density at radius 1 is 1.05 bits per heavy atom. The number of nitro benzene ring substituents is 1. The fourth-order valence-corrected chi connectivity index (χ4v) is 1.86. The number of rotatable bonds is 3. The van der Waals surface area contributed by atoms with Crippen molar-refractivity contribution in [1.29, 1.82) is 0 Å². The summed E-state index contributed by atoms with van der Waals surface area (Å²) in [4.78, 5) is 21.0. The molecule has 7 heteroatoms. The molecule has 21 heavy (non-hydrogen) atoms. The summed E-state index contributed by atoms with van der Waals surface area (Å²) in [5.74, 6) is 0. The topological polar surface area (TPSA) is 60.2 Å². The molecule has 2 aromatic carbocycles. The molecule has 0 amide bonds. The molecule has 0 aliphatic heterocycles. The third kappa shape index (κ3) is 3.07. The Balaban J connectivity index is 2.47. The number of nitro groups is 1. The van der Waals surface area contributed by atoms with Crippen molar-refractivity contribution in [2.45, 2.75) is 6.18 Å². The van der Waals surface area contributed by atoms with Gasteiger partial charge >= 0.3 is 6.18 Å². The quantitative estimate of drug-likeness (QED) is 0.486. The number of benzene rings is 2. The van der Waals surface area contributed by atoms with Crippen LogP contribution in [0, 0.1) is 10.1 Å². The number of hydrogen-bond acceptors (Lipinski definition) is 3. The third-order valence-electron chi connectivity index (χ3n) is 2.90. The minimum absolute atomic E-state index is 0.0453. The van der Waals surface area contributed by atoms with Gasteiger partial charge in [-0.15, -0.1) is 0 Å². The molecule has 0 saturated carbocycles. The fourth-order valence-electron chi connectivity index (χ4n) is 1.86. The van der Waals surface area contributed by atoms with Crippen molar-refractivity contribution < 1.29 is 22.9 Å². The van der Waals surface area contributed by atoms with E-state index >= 15 is 0 Å². The van der Waals surface area contributed by atoms with Gasteiger partial charge in [-0.25, -0.2) is 0 Å². The molecular formula is C14H8F3NO3. The van der Waals surface area contributed by atoms with Gasteiger partial charge in [0.2, 0.25) is 0 Å². The van der Waals surface area contributed by atoms with Gasteiger partial charge in [-0.2, -0.15) is 13.2 Å². The second kappa shape index (κ2) is 5.35. The standard InChI is InChI=1S/C14H8F3NO3/c15-14(16,17)11-3-1-9(2-4-11)13-6-5-12(18(20)21)7-10(13)8-19/h1-8H. The van der Waals surface area contributed by atoms with Crippen LogP contribution in [-0.4, -0.2) is 11.2 Å². The van der Waals surface area contributed by atoms with Crippen molar-refractivity contribution in [3.63, 3.8) is 0 Å². The summed E-state index contributed by atoms with van der Waals surface area (Å²) < 4.78 is 37.4. The number of halogens is 3. The van der Waals surface area contributed by atoms with Crippen LogP contribution in [0.3, 0.4) is 0 Å². The fraction of sp³-hybridized carbons (Fsp3) is 0.0714. The van der Waals surface area contributed by atoms with Crippen LogP contribution in [0.25, 0.3) is 11.1 Å². The Kier molecular flexibility index (Phi) is 3.75. The van der Waals surface area contributed by atoms with E-state index in [1.807, 2.05) is 0 Å². The Morgan fingerprint density at radius 2 is 1.67 bits per heavy atom. The van der Waals surface area contributed by atoms with Gasteiger partial charge in [0.1, 0.15) is 0 Å². The minimum atomic E-state index is -4.44. The summed E-state index contributed by atoms with van der Waals surface area (Å²) in [6.45, 7) is 0. The van der Waals surface area contributed by atoms with Gasteiger partial charge in [-0.3, -0.25) is 14.9 Å². The molecule has 0 aliphatic rings. The number of nitrogens with zero attached hydrogens (tertiary/aromatic N) is 1. The molecule has 0 atom stereocenters. The van der Waals surface area contributed by atoms with Gasteiger partial charge in [0.25, 0.3) is 5.69 Å². The number of hydrogen-bond donors (Lipinski definition) is 0. The van der Waals surface area contributed by atoms with Crippen molar-refractivity contribution in [2.24, 2.45) is 0 Å². The molecule has 0 spiro atoms. The molecule has 0 aliphatic carbocycles.